The molecule has 1 aromatic rings. The summed E-state index contributed by atoms with van der Waals surface area (Å²) in [6.45, 7) is 2.06. The number of hydrogen-bond acceptors (Lipinski definition) is 3. The predicted octanol–water partition coefficient (Wildman–Crippen LogP) is 1.40. The van der Waals surface area contributed by atoms with Gasteiger partial charge in [0.15, 0.2) is 0 Å². The van der Waals surface area contributed by atoms with Crippen LogP contribution in [0.15, 0.2) is 18.2 Å². The first-order valence-corrected chi connectivity index (χ1v) is 5.80. The number of carboxylic acids is 2. The molecule has 0 bridgehead atoms. The highest BCUT2D eigenvalue weighted by Crippen LogP contribution is 2.09. The van der Waals surface area contributed by atoms with Crippen LogP contribution in [0.1, 0.15) is 17.5 Å². The minimum absolute atomic E-state index is 0.0536. The zero-order chi connectivity index (χ0) is 14.4. The van der Waals surface area contributed by atoms with Crippen LogP contribution in [0.2, 0.25) is 0 Å². The summed E-state index contributed by atoms with van der Waals surface area (Å²) in [6, 6.07) is 4.61. The average Bonchev–Trinajstić information content (AvgIpc) is 2.31. The van der Waals surface area contributed by atoms with Crippen LogP contribution < -0.4 is 5.32 Å². The number of carboxylic acid groups (broad SMARTS) is 2. The second-order valence-electron chi connectivity index (χ2n) is 4.35. The lowest BCUT2D eigenvalue weighted by atomic mass is 10.1. The number of rotatable bonds is 7. The second kappa shape index (κ2) is 6.84. The van der Waals surface area contributed by atoms with Gasteiger partial charge in [0, 0.05) is 13.1 Å². The van der Waals surface area contributed by atoms with Gasteiger partial charge in [0.25, 0.3) is 0 Å². The van der Waals surface area contributed by atoms with Gasteiger partial charge in [-0.2, -0.15) is 0 Å². The lowest BCUT2D eigenvalue weighted by Crippen LogP contribution is -2.30. The number of carbonyl (C=O) groups is 2. The Balaban J connectivity index is 2.49. The quantitative estimate of drug-likeness (QED) is 0.696. The van der Waals surface area contributed by atoms with Gasteiger partial charge >= 0.3 is 11.9 Å². The molecule has 0 saturated carbocycles. The number of aryl methyl sites for hydroxylation is 1. The molecule has 0 heterocycles. The van der Waals surface area contributed by atoms with Crippen LogP contribution >= 0.6 is 0 Å². The molecule has 1 atom stereocenters. The van der Waals surface area contributed by atoms with E-state index in [1.165, 1.54) is 6.07 Å². The summed E-state index contributed by atoms with van der Waals surface area (Å²) in [5.74, 6) is -3.56. The zero-order valence-electron chi connectivity index (χ0n) is 10.5. The van der Waals surface area contributed by atoms with Gasteiger partial charge < -0.3 is 15.5 Å². The molecule has 0 aliphatic carbocycles. The Morgan fingerprint density at radius 2 is 2.05 bits per heavy atom. The van der Waals surface area contributed by atoms with Crippen molar-refractivity contribution < 1.29 is 24.2 Å². The van der Waals surface area contributed by atoms with Crippen LogP contribution in [0.5, 0.6) is 0 Å². The number of benzene rings is 1. The summed E-state index contributed by atoms with van der Waals surface area (Å²) in [7, 11) is 0. The maximum Gasteiger partial charge on any atom is 0.308 e. The van der Waals surface area contributed by atoms with Crippen molar-refractivity contribution in [3.05, 3.63) is 35.1 Å². The van der Waals surface area contributed by atoms with Crippen molar-refractivity contribution in [1.82, 2.24) is 5.32 Å². The topological polar surface area (TPSA) is 86.6 Å². The van der Waals surface area contributed by atoms with E-state index in [1.807, 2.05) is 0 Å². The van der Waals surface area contributed by atoms with Gasteiger partial charge in [-0.3, -0.25) is 9.59 Å². The van der Waals surface area contributed by atoms with Gasteiger partial charge in [-0.25, -0.2) is 4.39 Å². The van der Waals surface area contributed by atoms with E-state index in [1.54, 1.807) is 19.1 Å². The number of nitrogens with one attached hydrogen (secondary N) is 1. The highest BCUT2D eigenvalue weighted by Gasteiger charge is 2.20. The third-order valence-corrected chi connectivity index (χ3v) is 2.71. The minimum atomic E-state index is -1.15. The Labute approximate surface area is 110 Å². The van der Waals surface area contributed by atoms with E-state index >= 15 is 0 Å². The Kier molecular flexibility index (Phi) is 5.44. The first-order chi connectivity index (χ1) is 8.90. The molecular weight excluding hydrogens is 253 g/mol. The molecule has 0 aromatic heterocycles. The molecule has 0 fully saturated rings. The Hall–Kier alpha value is -1.95. The largest absolute Gasteiger partial charge is 0.481 e. The summed E-state index contributed by atoms with van der Waals surface area (Å²) in [5, 5.41) is 20.3. The first kappa shape index (κ1) is 15.1. The average molecular weight is 269 g/mol. The van der Waals surface area contributed by atoms with Crippen molar-refractivity contribution in [2.75, 3.05) is 6.54 Å². The summed E-state index contributed by atoms with van der Waals surface area (Å²) in [5.41, 5.74) is 1.33. The number of hydrogen-bond donors (Lipinski definition) is 3. The lowest BCUT2D eigenvalue weighted by Gasteiger charge is -2.11. The molecule has 1 unspecified atom stereocenters. The molecule has 104 valence electrons. The van der Waals surface area contributed by atoms with Crippen molar-refractivity contribution in [3.63, 3.8) is 0 Å². The van der Waals surface area contributed by atoms with E-state index in [4.69, 9.17) is 10.2 Å². The van der Waals surface area contributed by atoms with Crippen molar-refractivity contribution in [1.29, 1.82) is 0 Å². The van der Waals surface area contributed by atoms with Gasteiger partial charge in [-0.05, 0) is 24.1 Å². The highest BCUT2D eigenvalue weighted by atomic mass is 19.1. The molecule has 0 aliphatic rings. The Morgan fingerprint density at radius 1 is 1.37 bits per heavy atom. The third-order valence-electron chi connectivity index (χ3n) is 2.71. The molecule has 1 rings (SSSR count). The predicted molar refractivity (Wildman–Crippen MR) is 66.2 cm³/mol. The van der Waals surface area contributed by atoms with Crippen molar-refractivity contribution >= 4 is 11.9 Å². The molecule has 3 N–H and O–H groups in total. The number of aliphatic carboxylic acids is 2. The van der Waals surface area contributed by atoms with Crippen LogP contribution in [-0.2, 0) is 16.1 Å². The maximum absolute atomic E-state index is 13.0. The van der Waals surface area contributed by atoms with Gasteiger partial charge in [-0.1, -0.05) is 12.1 Å². The molecule has 19 heavy (non-hydrogen) atoms. The zero-order valence-corrected chi connectivity index (χ0v) is 10.5. The van der Waals surface area contributed by atoms with E-state index in [9.17, 15) is 14.0 Å². The van der Waals surface area contributed by atoms with E-state index in [2.05, 4.69) is 5.32 Å². The van der Waals surface area contributed by atoms with Gasteiger partial charge in [0.1, 0.15) is 5.82 Å². The first-order valence-electron chi connectivity index (χ1n) is 5.80. The Morgan fingerprint density at radius 3 is 2.58 bits per heavy atom. The minimum Gasteiger partial charge on any atom is -0.481 e. The SMILES string of the molecule is Cc1cc(CNCC(CC(=O)O)C(=O)O)ccc1F. The van der Waals surface area contributed by atoms with Crippen LogP contribution in [0, 0.1) is 18.7 Å². The fraction of sp³-hybridized carbons (Fsp3) is 0.385. The molecule has 0 amide bonds. The molecule has 0 saturated heterocycles. The van der Waals surface area contributed by atoms with Crippen LogP contribution in [0.3, 0.4) is 0 Å². The number of halogens is 1. The molecule has 5 nitrogen and oxygen atoms in total. The van der Waals surface area contributed by atoms with Crippen molar-refractivity contribution in [2.45, 2.75) is 19.9 Å². The van der Waals surface area contributed by atoms with E-state index < -0.39 is 24.3 Å². The van der Waals surface area contributed by atoms with Gasteiger partial charge in [0.2, 0.25) is 0 Å². The highest BCUT2D eigenvalue weighted by molar-refractivity contribution is 5.77. The summed E-state index contributed by atoms with van der Waals surface area (Å²) in [6.07, 6.45) is -0.426. The molecule has 0 aliphatic heterocycles. The normalized spacial score (nSPS) is 12.1. The summed E-state index contributed by atoms with van der Waals surface area (Å²) < 4.78 is 13.0. The van der Waals surface area contributed by atoms with E-state index in [0.29, 0.717) is 12.1 Å². The Bertz CT molecular complexity index is 476. The van der Waals surface area contributed by atoms with E-state index in [-0.39, 0.29) is 12.4 Å². The molecule has 6 heteroatoms. The van der Waals surface area contributed by atoms with E-state index in [0.717, 1.165) is 5.56 Å². The summed E-state index contributed by atoms with van der Waals surface area (Å²) >= 11 is 0. The molecule has 0 radical (unpaired) electrons. The van der Waals surface area contributed by atoms with Crippen molar-refractivity contribution in [2.24, 2.45) is 5.92 Å². The van der Waals surface area contributed by atoms with Gasteiger partial charge in [0.05, 0.1) is 12.3 Å². The third kappa shape index (κ3) is 5.05. The monoisotopic (exact) mass is 269 g/mol. The second-order valence-corrected chi connectivity index (χ2v) is 4.35. The van der Waals surface area contributed by atoms with Crippen LogP contribution in [0.25, 0.3) is 0 Å². The molecule has 1 aromatic carbocycles. The fourth-order valence-electron chi connectivity index (χ4n) is 1.67. The van der Waals surface area contributed by atoms with Crippen molar-refractivity contribution in [3.8, 4) is 0 Å². The summed E-state index contributed by atoms with van der Waals surface area (Å²) in [4.78, 5) is 21.3. The molecule has 0 spiro atoms. The standard InChI is InChI=1S/C13H16FNO4/c1-8-4-9(2-3-11(8)14)6-15-7-10(13(18)19)5-12(16)17/h2-4,10,15H,5-7H2,1H3,(H,16,17)(H,18,19). The smallest absolute Gasteiger partial charge is 0.308 e. The molecular formula is C13H16FNO4. The maximum atomic E-state index is 13.0. The fourth-order valence-corrected chi connectivity index (χ4v) is 1.67. The van der Waals surface area contributed by atoms with Crippen LogP contribution in [0.4, 0.5) is 4.39 Å². The lowest BCUT2D eigenvalue weighted by molar-refractivity contribution is -0.148. The van der Waals surface area contributed by atoms with Crippen LogP contribution in [-0.4, -0.2) is 28.7 Å². The van der Waals surface area contributed by atoms with Gasteiger partial charge in [-0.15, -0.1) is 0 Å².